The lowest BCUT2D eigenvalue weighted by molar-refractivity contribution is 0.0787. The molecule has 0 radical (unpaired) electrons. The predicted molar refractivity (Wildman–Crippen MR) is 92.2 cm³/mol. The molecule has 22 heavy (non-hydrogen) atoms. The van der Waals surface area contributed by atoms with Crippen molar-refractivity contribution in [2.75, 3.05) is 33.4 Å². The lowest BCUT2D eigenvalue weighted by Gasteiger charge is -2.18. The van der Waals surface area contributed by atoms with E-state index in [0.29, 0.717) is 36.1 Å². The third-order valence-corrected chi connectivity index (χ3v) is 4.26. The SMILES string of the molecule is CCOc1c(Br)cc(C(=O)N2CCC(CN)C2)cc1OC.Cl. The summed E-state index contributed by atoms with van der Waals surface area (Å²) in [6.45, 7) is 4.55. The molecule has 1 aliphatic rings. The second-order valence-electron chi connectivity index (χ2n) is 5.06. The average Bonchev–Trinajstić information content (AvgIpc) is 2.97. The van der Waals surface area contributed by atoms with Crippen LogP contribution in [0.2, 0.25) is 0 Å². The van der Waals surface area contributed by atoms with Crippen molar-refractivity contribution in [2.45, 2.75) is 13.3 Å². The van der Waals surface area contributed by atoms with E-state index in [1.54, 1.807) is 19.2 Å². The van der Waals surface area contributed by atoms with E-state index in [0.717, 1.165) is 24.0 Å². The van der Waals surface area contributed by atoms with E-state index in [1.165, 1.54) is 0 Å². The van der Waals surface area contributed by atoms with Gasteiger partial charge in [-0.1, -0.05) is 0 Å². The number of hydrogen-bond acceptors (Lipinski definition) is 4. The summed E-state index contributed by atoms with van der Waals surface area (Å²) in [6, 6.07) is 3.51. The second kappa shape index (κ2) is 8.60. The lowest BCUT2D eigenvalue weighted by Crippen LogP contribution is -2.29. The summed E-state index contributed by atoms with van der Waals surface area (Å²) < 4.78 is 11.6. The number of ether oxygens (including phenoxy) is 2. The Balaban J connectivity index is 0.00000242. The Hall–Kier alpha value is -0.980. The van der Waals surface area contributed by atoms with Gasteiger partial charge in [0.05, 0.1) is 18.2 Å². The third-order valence-electron chi connectivity index (χ3n) is 3.67. The number of nitrogens with zero attached hydrogens (tertiary/aromatic N) is 1. The zero-order valence-electron chi connectivity index (χ0n) is 12.8. The first-order chi connectivity index (χ1) is 10.1. The molecule has 0 aromatic heterocycles. The number of hydrogen-bond donors (Lipinski definition) is 1. The summed E-state index contributed by atoms with van der Waals surface area (Å²) in [4.78, 5) is 14.4. The molecule has 1 fully saturated rings. The fourth-order valence-electron chi connectivity index (χ4n) is 2.52. The Morgan fingerprint density at radius 1 is 1.50 bits per heavy atom. The minimum atomic E-state index is 0. The van der Waals surface area contributed by atoms with Crippen LogP contribution in [0.3, 0.4) is 0 Å². The smallest absolute Gasteiger partial charge is 0.254 e. The molecule has 1 unspecified atom stereocenters. The van der Waals surface area contributed by atoms with Crippen LogP contribution in [0.1, 0.15) is 23.7 Å². The van der Waals surface area contributed by atoms with Crippen LogP contribution in [0.5, 0.6) is 11.5 Å². The first-order valence-corrected chi connectivity index (χ1v) is 7.89. The predicted octanol–water partition coefficient (Wildman–Crippen LogP) is 2.70. The van der Waals surface area contributed by atoms with Crippen LogP contribution in [0, 0.1) is 5.92 Å². The van der Waals surface area contributed by atoms with Gasteiger partial charge in [-0.2, -0.15) is 0 Å². The molecule has 1 atom stereocenters. The van der Waals surface area contributed by atoms with Crippen molar-refractivity contribution in [1.29, 1.82) is 0 Å². The molecule has 0 spiro atoms. The van der Waals surface area contributed by atoms with Crippen LogP contribution in [-0.2, 0) is 0 Å². The maximum absolute atomic E-state index is 12.6. The van der Waals surface area contributed by atoms with E-state index >= 15 is 0 Å². The van der Waals surface area contributed by atoms with Gasteiger partial charge in [0.15, 0.2) is 11.5 Å². The van der Waals surface area contributed by atoms with Gasteiger partial charge in [0.25, 0.3) is 5.91 Å². The molecule has 7 heteroatoms. The van der Waals surface area contributed by atoms with Gasteiger partial charge in [0, 0.05) is 18.7 Å². The fourth-order valence-corrected chi connectivity index (χ4v) is 3.08. The van der Waals surface area contributed by atoms with Gasteiger partial charge in [-0.05, 0) is 53.9 Å². The highest BCUT2D eigenvalue weighted by atomic mass is 79.9. The van der Waals surface area contributed by atoms with E-state index in [1.807, 2.05) is 11.8 Å². The van der Waals surface area contributed by atoms with Crippen LogP contribution in [0.15, 0.2) is 16.6 Å². The van der Waals surface area contributed by atoms with Crippen molar-refractivity contribution >= 4 is 34.2 Å². The number of carbonyl (C=O) groups is 1. The van der Waals surface area contributed by atoms with E-state index in [2.05, 4.69) is 15.9 Å². The normalized spacial score (nSPS) is 17.1. The molecule has 0 aliphatic carbocycles. The molecule has 2 N–H and O–H groups in total. The fraction of sp³-hybridized carbons (Fsp3) is 0.533. The Morgan fingerprint density at radius 2 is 2.23 bits per heavy atom. The van der Waals surface area contributed by atoms with Crippen molar-refractivity contribution in [1.82, 2.24) is 4.90 Å². The minimum absolute atomic E-state index is 0. The van der Waals surface area contributed by atoms with Crippen LogP contribution < -0.4 is 15.2 Å². The van der Waals surface area contributed by atoms with Crippen molar-refractivity contribution in [2.24, 2.45) is 11.7 Å². The van der Waals surface area contributed by atoms with Crippen LogP contribution in [0.4, 0.5) is 0 Å². The number of likely N-dealkylation sites (tertiary alicyclic amines) is 1. The third kappa shape index (κ3) is 4.06. The van der Waals surface area contributed by atoms with Gasteiger partial charge in [-0.15, -0.1) is 12.4 Å². The number of nitrogens with two attached hydrogens (primary N) is 1. The molecular weight excluding hydrogens is 372 g/mol. The highest BCUT2D eigenvalue weighted by Crippen LogP contribution is 2.37. The van der Waals surface area contributed by atoms with Gasteiger partial charge in [-0.3, -0.25) is 4.79 Å². The standard InChI is InChI=1S/C15H21BrN2O3.ClH/c1-3-21-14-12(16)6-11(7-13(14)20-2)15(19)18-5-4-10(8-17)9-18;/h6-7,10H,3-5,8-9,17H2,1-2H3;1H. The highest BCUT2D eigenvalue weighted by Gasteiger charge is 2.27. The molecule has 1 heterocycles. The van der Waals surface area contributed by atoms with Crippen LogP contribution >= 0.6 is 28.3 Å². The first kappa shape index (κ1) is 19.1. The van der Waals surface area contributed by atoms with Gasteiger partial charge in [-0.25, -0.2) is 0 Å². The number of methoxy groups -OCH3 is 1. The van der Waals surface area contributed by atoms with Gasteiger partial charge >= 0.3 is 0 Å². The summed E-state index contributed by atoms with van der Waals surface area (Å²) in [5.74, 6) is 1.59. The van der Waals surface area contributed by atoms with E-state index in [4.69, 9.17) is 15.2 Å². The van der Waals surface area contributed by atoms with Crippen LogP contribution in [-0.4, -0.2) is 44.2 Å². The molecule has 0 bridgehead atoms. The molecule has 5 nitrogen and oxygen atoms in total. The molecule has 1 aromatic carbocycles. The molecule has 1 saturated heterocycles. The summed E-state index contributed by atoms with van der Waals surface area (Å²) in [5, 5.41) is 0. The summed E-state index contributed by atoms with van der Waals surface area (Å²) in [5.41, 5.74) is 6.27. The maximum atomic E-state index is 12.6. The number of amides is 1. The topological polar surface area (TPSA) is 64.8 Å². The minimum Gasteiger partial charge on any atom is -0.493 e. The Morgan fingerprint density at radius 3 is 2.77 bits per heavy atom. The molecule has 1 amide bonds. The molecule has 2 rings (SSSR count). The second-order valence-corrected chi connectivity index (χ2v) is 5.92. The van der Waals surface area contributed by atoms with E-state index in [-0.39, 0.29) is 18.3 Å². The molecular formula is C15H22BrClN2O3. The van der Waals surface area contributed by atoms with Gasteiger partial charge in [0.2, 0.25) is 0 Å². The van der Waals surface area contributed by atoms with Crippen molar-refractivity contribution < 1.29 is 14.3 Å². The average molecular weight is 394 g/mol. The van der Waals surface area contributed by atoms with Gasteiger partial charge in [0.1, 0.15) is 0 Å². The number of carbonyl (C=O) groups excluding carboxylic acids is 1. The molecule has 1 aliphatic heterocycles. The first-order valence-electron chi connectivity index (χ1n) is 7.10. The van der Waals surface area contributed by atoms with Crippen molar-refractivity contribution in [3.63, 3.8) is 0 Å². The molecule has 0 saturated carbocycles. The number of benzene rings is 1. The summed E-state index contributed by atoms with van der Waals surface area (Å²) in [6.07, 6.45) is 0.970. The summed E-state index contributed by atoms with van der Waals surface area (Å²) >= 11 is 3.45. The summed E-state index contributed by atoms with van der Waals surface area (Å²) in [7, 11) is 1.57. The monoisotopic (exact) mass is 392 g/mol. The highest BCUT2D eigenvalue weighted by molar-refractivity contribution is 9.10. The Bertz CT molecular complexity index is 528. The molecule has 1 aromatic rings. The van der Waals surface area contributed by atoms with Crippen LogP contribution in [0.25, 0.3) is 0 Å². The van der Waals surface area contributed by atoms with E-state index < -0.39 is 0 Å². The Labute approximate surface area is 145 Å². The quantitative estimate of drug-likeness (QED) is 0.835. The largest absolute Gasteiger partial charge is 0.493 e. The number of rotatable bonds is 5. The zero-order chi connectivity index (χ0) is 15.4. The lowest BCUT2D eigenvalue weighted by atomic mass is 10.1. The maximum Gasteiger partial charge on any atom is 0.254 e. The zero-order valence-corrected chi connectivity index (χ0v) is 15.2. The van der Waals surface area contributed by atoms with Gasteiger partial charge < -0.3 is 20.1 Å². The van der Waals surface area contributed by atoms with Crippen molar-refractivity contribution in [3.05, 3.63) is 22.2 Å². The molecule has 124 valence electrons. The van der Waals surface area contributed by atoms with Crippen molar-refractivity contribution in [3.8, 4) is 11.5 Å². The Kier molecular flexibility index (Phi) is 7.45. The van der Waals surface area contributed by atoms with E-state index in [9.17, 15) is 4.79 Å². The number of halogens is 2.